The summed E-state index contributed by atoms with van der Waals surface area (Å²) >= 11 is 6.07. The molecular weight excluding hydrogens is 320 g/mol. The van der Waals surface area contributed by atoms with Crippen molar-refractivity contribution in [3.8, 4) is 0 Å². The van der Waals surface area contributed by atoms with Crippen LogP contribution in [0.3, 0.4) is 0 Å². The first-order valence-corrected chi connectivity index (χ1v) is 7.51. The van der Waals surface area contributed by atoms with Gasteiger partial charge in [-0.25, -0.2) is 4.79 Å². The van der Waals surface area contributed by atoms with Crippen LogP contribution in [-0.4, -0.2) is 32.5 Å². The molecule has 0 fully saturated rings. The summed E-state index contributed by atoms with van der Waals surface area (Å²) in [5.74, 6) is -0.0511. The fourth-order valence-electron chi connectivity index (χ4n) is 1.98. The van der Waals surface area contributed by atoms with Crippen LogP contribution in [0, 0.1) is 0 Å². The maximum absolute atomic E-state index is 11.8. The van der Waals surface area contributed by atoms with Gasteiger partial charge in [-0.15, -0.1) is 0 Å². The van der Waals surface area contributed by atoms with Gasteiger partial charge in [-0.1, -0.05) is 11.6 Å². The van der Waals surface area contributed by atoms with Gasteiger partial charge < -0.3 is 10.1 Å². The molecule has 0 radical (unpaired) electrons. The number of Topliss-reactive ketones (excluding diaryl/α,β-unsaturated/α-hetero) is 1. The van der Waals surface area contributed by atoms with Gasteiger partial charge in [-0.3, -0.25) is 4.79 Å². The number of hydrogen-bond acceptors (Lipinski definition) is 5. The molecular formula is C15H19ClN4O3. The van der Waals surface area contributed by atoms with Crippen LogP contribution < -0.4 is 5.32 Å². The summed E-state index contributed by atoms with van der Waals surface area (Å²) < 4.78 is 5.19. The first kappa shape index (κ1) is 17.2. The van der Waals surface area contributed by atoms with Gasteiger partial charge in [-0.2, -0.15) is 15.0 Å². The fraction of sp³-hybridized carbons (Fsp3) is 0.467. The maximum atomic E-state index is 11.8. The largest absolute Gasteiger partial charge is 0.444 e. The van der Waals surface area contributed by atoms with E-state index in [0.717, 1.165) is 0 Å². The number of halogens is 1. The normalized spacial score (nSPS) is 11.5. The highest BCUT2D eigenvalue weighted by Gasteiger charge is 2.17. The lowest BCUT2D eigenvalue weighted by Gasteiger charge is -2.19. The van der Waals surface area contributed by atoms with Crippen molar-refractivity contribution >= 4 is 34.5 Å². The highest BCUT2D eigenvalue weighted by Crippen LogP contribution is 2.21. The smallest absolute Gasteiger partial charge is 0.407 e. The van der Waals surface area contributed by atoms with Crippen LogP contribution in [0.1, 0.15) is 33.3 Å². The van der Waals surface area contributed by atoms with Crippen LogP contribution in [0.4, 0.5) is 4.79 Å². The molecule has 7 nitrogen and oxygen atoms in total. The Kier molecular flexibility index (Phi) is 4.89. The quantitative estimate of drug-likeness (QED) is 0.926. The highest BCUT2D eigenvalue weighted by molar-refractivity contribution is 6.31. The Morgan fingerprint density at radius 2 is 2.00 bits per heavy atom. The van der Waals surface area contributed by atoms with Crippen LogP contribution >= 0.6 is 11.6 Å². The number of amides is 1. The summed E-state index contributed by atoms with van der Waals surface area (Å²) in [7, 11) is 0. The number of carbonyl (C=O) groups is 2. The summed E-state index contributed by atoms with van der Waals surface area (Å²) in [6.45, 7) is 7.12. The number of hydrogen-bond donors (Lipinski definition) is 1. The number of alkyl carbamates (subject to hydrolysis) is 1. The minimum absolute atomic E-state index is 0.0511. The molecule has 2 rings (SSSR count). The number of nitrogens with zero attached hydrogens (tertiary/aromatic N) is 3. The Hall–Kier alpha value is -2.15. The minimum Gasteiger partial charge on any atom is -0.444 e. The monoisotopic (exact) mass is 338 g/mol. The second-order valence-corrected chi connectivity index (χ2v) is 6.66. The van der Waals surface area contributed by atoms with Gasteiger partial charge in [0.2, 0.25) is 0 Å². The molecule has 0 aliphatic rings. The number of aromatic nitrogens is 3. The second-order valence-electron chi connectivity index (χ2n) is 6.22. The van der Waals surface area contributed by atoms with Crippen LogP contribution in [0.15, 0.2) is 12.1 Å². The third-order valence-corrected chi connectivity index (χ3v) is 2.98. The average Bonchev–Trinajstić information content (AvgIpc) is 2.74. The minimum atomic E-state index is -0.571. The number of nitrogens with one attached hydrogen (secondary N) is 1. The van der Waals surface area contributed by atoms with Crippen LogP contribution in [0.2, 0.25) is 5.02 Å². The molecule has 0 saturated carbocycles. The van der Waals surface area contributed by atoms with Crippen LogP contribution in [0.5, 0.6) is 0 Å². The lowest BCUT2D eigenvalue weighted by molar-refractivity contribution is -0.117. The van der Waals surface area contributed by atoms with Gasteiger partial charge >= 0.3 is 6.09 Å². The van der Waals surface area contributed by atoms with E-state index in [0.29, 0.717) is 21.6 Å². The van der Waals surface area contributed by atoms with Crippen molar-refractivity contribution in [3.05, 3.63) is 22.7 Å². The second kappa shape index (κ2) is 6.54. The molecule has 0 aliphatic carbocycles. The number of ether oxygens (including phenoxy) is 1. The van der Waals surface area contributed by atoms with Crippen molar-refractivity contribution in [2.45, 2.75) is 46.4 Å². The molecule has 0 bridgehead atoms. The molecule has 0 saturated heterocycles. The first-order chi connectivity index (χ1) is 10.6. The summed E-state index contributed by atoms with van der Waals surface area (Å²) in [6, 6.07) is 3.37. The van der Waals surface area contributed by atoms with E-state index in [-0.39, 0.29) is 18.9 Å². The van der Waals surface area contributed by atoms with E-state index < -0.39 is 11.7 Å². The third kappa shape index (κ3) is 4.92. The first-order valence-electron chi connectivity index (χ1n) is 7.13. The van der Waals surface area contributed by atoms with Gasteiger partial charge in [0.25, 0.3) is 0 Å². The predicted octanol–water partition coefficient (Wildman–Crippen LogP) is 2.70. The van der Waals surface area contributed by atoms with Crippen molar-refractivity contribution in [1.29, 1.82) is 0 Å². The molecule has 1 heterocycles. The summed E-state index contributed by atoms with van der Waals surface area (Å²) in [4.78, 5) is 24.3. The van der Waals surface area contributed by atoms with E-state index in [9.17, 15) is 9.59 Å². The Balaban J connectivity index is 2.20. The van der Waals surface area contributed by atoms with Crippen molar-refractivity contribution in [3.63, 3.8) is 0 Å². The standard InChI is InChI=1S/C15H19ClN4O3/c1-9(21)8-20-18-12-6-11(16)5-10(13(12)19-20)7-17-14(22)23-15(2,3)4/h5-6H,7-8H2,1-4H3,(H,17,22). The molecule has 2 aromatic rings. The number of benzene rings is 1. The molecule has 8 heteroatoms. The van der Waals surface area contributed by atoms with Gasteiger partial charge in [0.15, 0.2) is 5.78 Å². The molecule has 0 atom stereocenters. The van der Waals surface area contributed by atoms with E-state index in [2.05, 4.69) is 15.5 Å². The van der Waals surface area contributed by atoms with Gasteiger partial charge in [0.05, 0.1) is 0 Å². The molecule has 124 valence electrons. The maximum Gasteiger partial charge on any atom is 0.407 e. The summed E-state index contributed by atoms with van der Waals surface area (Å²) in [6.07, 6.45) is -0.526. The van der Waals surface area contributed by atoms with E-state index in [1.807, 2.05) is 0 Å². The Morgan fingerprint density at radius 1 is 1.30 bits per heavy atom. The average molecular weight is 339 g/mol. The zero-order valence-electron chi connectivity index (χ0n) is 13.5. The van der Waals surface area contributed by atoms with Crippen molar-refractivity contribution in [2.24, 2.45) is 0 Å². The number of ketones is 1. The highest BCUT2D eigenvalue weighted by atomic mass is 35.5. The fourth-order valence-corrected chi connectivity index (χ4v) is 2.22. The molecule has 1 N–H and O–H groups in total. The predicted molar refractivity (Wildman–Crippen MR) is 86.3 cm³/mol. The van der Waals surface area contributed by atoms with Crippen LogP contribution in [-0.2, 0) is 22.6 Å². The lowest BCUT2D eigenvalue weighted by atomic mass is 10.2. The Bertz CT molecular complexity index is 749. The van der Waals surface area contributed by atoms with E-state index in [4.69, 9.17) is 16.3 Å². The summed E-state index contributed by atoms with van der Waals surface area (Å²) in [5.41, 5.74) is 1.29. The molecule has 0 aliphatic heterocycles. The van der Waals surface area contributed by atoms with Crippen molar-refractivity contribution in [2.75, 3.05) is 0 Å². The molecule has 1 aromatic heterocycles. The van der Waals surface area contributed by atoms with Gasteiger partial charge in [0, 0.05) is 17.1 Å². The van der Waals surface area contributed by atoms with Gasteiger partial charge in [0.1, 0.15) is 23.2 Å². The number of carbonyl (C=O) groups excluding carboxylic acids is 2. The lowest BCUT2D eigenvalue weighted by Crippen LogP contribution is -2.32. The third-order valence-electron chi connectivity index (χ3n) is 2.76. The topological polar surface area (TPSA) is 86.1 Å². The summed E-state index contributed by atoms with van der Waals surface area (Å²) in [5, 5.41) is 11.6. The zero-order chi connectivity index (χ0) is 17.2. The SMILES string of the molecule is CC(=O)Cn1nc2cc(Cl)cc(CNC(=O)OC(C)(C)C)c2n1. The van der Waals surface area contributed by atoms with E-state index >= 15 is 0 Å². The number of fused-ring (bicyclic) bond motifs is 1. The number of rotatable bonds is 4. The molecule has 1 aromatic carbocycles. The molecule has 0 unspecified atom stereocenters. The zero-order valence-corrected chi connectivity index (χ0v) is 14.3. The van der Waals surface area contributed by atoms with Gasteiger partial charge in [-0.05, 0) is 39.8 Å². The van der Waals surface area contributed by atoms with Crippen molar-refractivity contribution < 1.29 is 14.3 Å². The Labute approximate surface area is 138 Å². The van der Waals surface area contributed by atoms with Crippen LogP contribution in [0.25, 0.3) is 11.0 Å². The Morgan fingerprint density at radius 3 is 2.61 bits per heavy atom. The molecule has 1 amide bonds. The molecule has 23 heavy (non-hydrogen) atoms. The molecule has 0 spiro atoms. The van der Waals surface area contributed by atoms with Crippen molar-refractivity contribution in [1.82, 2.24) is 20.3 Å². The van der Waals surface area contributed by atoms with E-state index in [1.165, 1.54) is 11.7 Å². The van der Waals surface area contributed by atoms with E-state index in [1.54, 1.807) is 32.9 Å².